The molecular formula is C17H14Cl2N4O3S. The number of rotatable bonds is 5. The summed E-state index contributed by atoms with van der Waals surface area (Å²) in [7, 11) is -3.65. The van der Waals surface area contributed by atoms with Gasteiger partial charge >= 0.3 is 5.69 Å². The van der Waals surface area contributed by atoms with E-state index >= 15 is 0 Å². The number of halogens is 2. The fraction of sp³-hybridized carbons (Fsp3) is 0.176. The minimum atomic E-state index is -3.65. The number of aromatic nitrogens is 3. The Kier molecular flexibility index (Phi) is 4.59. The predicted molar refractivity (Wildman–Crippen MR) is 103 cm³/mol. The van der Waals surface area contributed by atoms with Crippen molar-refractivity contribution in [2.45, 2.75) is 23.8 Å². The van der Waals surface area contributed by atoms with Gasteiger partial charge in [-0.1, -0.05) is 23.2 Å². The van der Waals surface area contributed by atoms with Crippen LogP contribution in [-0.4, -0.2) is 29.2 Å². The Bertz CT molecular complexity index is 1170. The van der Waals surface area contributed by atoms with Crippen molar-refractivity contribution in [2.75, 3.05) is 0 Å². The number of hydrogen-bond acceptors (Lipinski definition) is 4. The molecule has 0 amide bonds. The number of nitrogens with one attached hydrogen (secondary N) is 2. The van der Waals surface area contributed by atoms with Crippen molar-refractivity contribution in [1.29, 1.82) is 0 Å². The highest BCUT2D eigenvalue weighted by atomic mass is 35.5. The van der Waals surface area contributed by atoms with Gasteiger partial charge in [0.1, 0.15) is 0 Å². The van der Waals surface area contributed by atoms with Crippen LogP contribution in [0, 0.1) is 0 Å². The minimum Gasteiger partial charge on any atom is -0.288 e. The van der Waals surface area contributed by atoms with Gasteiger partial charge in [0.15, 0.2) is 5.82 Å². The molecule has 140 valence electrons. The molecule has 4 rings (SSSR count). The summed E-state index contributed by atoms with van der Waals surface area (Å²) in [6.45, 7) is 0. The summed E-state index contributed by atoms with van der Waals surface area (Å²) in [5, 5.41) is 5.05. The van der Waals surface area contributed by atoms with Crippen LogP contribution in [0.15, 0.2) is 52.2 Å². The zero-order valence-electron chi connectivity index (χ0n) is 13.8. The third kappa shape index (κ3) is 3.79. The lowest BCUT2D eigenvalue weighted by Crippen LogP contribution is -2.25. The smallest absolute Gasteiger partial charge is 0.288 e. The van der Waals surface area contributed by atoms with E-state index in [0.29, 0.717) is 16.3 Å². The molecule has 1 aromatic heterocycles. The van der Waals surface area contributed by atoms with Gasteiger partial charge < -0.3 is 0 Å². The Morgan fingerprint density at radius 3 is 2.48 bits per heavy atom. The van der Waals surface area contributed by atoms with Crippen LogP contribution in [-0.2, 0) is 10.0 Å². The summed E-state index contributed by atoms with van der Waals surface area (Å²) in [5.74, 6) is 0.170. The van der Waals surface area contributed by atoms with E-state index in [1.54, 1.807) is 24.3 Å². The van der Waals surface area contributed by atoms with Crippen molar-refractivity contribution in [3.05, 3.63) is 63.0 Å². The summed E-state index contributed by atoms with van der Waals surface area (Å²) in [6.07, 6.45) is 1.66. The number of nitrogens with zero attached hydrogens (tertiary/aromatic N) is 2. The third-order valence-electron chi connectivity index (χ3n) is 4.09. The first kappa shape index (κ1) is 18.2. The molecule has 27 heavy (non-hydrogen) atoms. The van der Waals surface area contributed by atoms with Crippen molar-refractivity contribution >= 4 is 33.2 Å². The molecule has 0 spiro atoms. The SMILES string of the molecule is O=c1[nH]c(-c2cc(S(=O)(=O)NC3CC3)ccc2Cl)nn1-c1ccc(Cl)cc1. The molecule has 7 nitrogen and oxygen atoms in total. The van der Waals surface area contributed by atoms with Crippen LogP contribution in [0.2, 0.25) is 10.0 Å². The second kappa shape index (κ2) is 6.79. The topological polar surface area (TPSA) is 96.8 Å². The van der Waals surface area contributed by atoms with Gasteiger partial charge in [0.05, 0.1) is 15.6 Å². The summed E-state index contributed by atoms with van der Waals surface area (Å²) >= 11 is 12.1. The van der Waals surface area contributed by atoms with Crippen LogP contribution < -0.4 is 10.4 Å². The van der Waals surface area contributed by atoms with Gasteiger partial charge in [-0.2, -0.15) is 4.68 Å². The maximum Gasteiger partial charge on any atom is 0.348 e. The van der Waals surface area contributed by atoms with Gasteiger partial charge in [-0.05, 0) is 55.3 Å². The average molecular weight is 425 g/mol. The first-order valence-electron chi connectivity index (χ1n) is 8.11. The van der Waals surface area contributed by atoms with Gasteiger partial charge in [0.2, 0.25) is 10.0 Å². The first-order valence-corrected chi connectivity index (χ1v) is 10.3. The third-order valence-corrected chi connectivity index (χ3v) is 6.19. The summed E-state index contributed by atoms with van der Waals surface area (Å²) in [4.78, 5) is 15.0. The lowest BCUT2D eigenvalue weighted by molar-refractivity contribution is 0.581. The van der Waals surface area contributed by atoms with E-state index < -0.39 is 15.7 Å². The van der Waals surface area contributed by atoms with E-state index in [4.69, 9.17) is 23.2 Å². The molecule has 1 aliphatic carbocycles. The Hall–Kier alpha value is -2.13. The van der Waals surface area contributed by atoms with E-state index in [-0.39, 0.29) is 21.8 Å². The zero-order valence-corrected chi connectivity index (χ0v) is 16.1. The number of aromatic amines is 1. The van der Waals surface area contributed by atoms with Crippen molar-refractivity contribution in [2.24, 2.45) is 0 Å². The Balaban J connectivity index is 1.75. The minimum absolute atomic E-state index is 0.0157. The molecule has 2 N–H and O–H groups in total. The maximum atomic E-state index is 12.4. The van der Waals surface area contributed by atoms with Crippen LogP contribution in [0.1, 0.15) is 12.8 Å². The van der Waals surface area contributed by atoms with E-state index in [1.807, 2.05) is 0 Å². The van der Waals surface area contributed by atoms with Crippen molar-refractivity contribution in [3.63, 3.8) is 0 Å². The Morgan fingerprint density at radius 1 is 1.11 bits per heavy atom. The van der Waals surface area contributed by atoms with Crippen LogP contribution >= 0.6 is 23.2 Å². The molecule has 0 unspecified atom stereocenters. The fourth-order valence-electron chi connectivity index (χ4n) is 2.54. The molecule has 0 radical (unpaired) electrons. The summed E-state index contributed by atoms with van der Waals surface area (Å²) < 4.78 is 28.6. The normalized spacial score (nSPS) is 14.4. The molecule has 1 fully saturated rings. The molecule has 1 heterocycles. The molecule has 1 saturated carbocycles. The first-order chi connectivity index (χ1) is 12.8. The van der Waals surface area contributed by atoms with Gasteiger partial charge in [0.25, 0.3) is 0 Å². The number of H-pyrrole nitrogens is 1. The summed E-state index contributed by atoms with van der Waals surface area (Å²) in [5.41, 5.74) is 0.357. The van der Waals surface area contributed by atoms with E-state index in [9.17, 15) is 13.2 Å². The van der Waals surface area contributed by atoms with Gasteiger partial charge in [0, 0.05) is 16.6 Å². The zero-order chi connectivity index (χ0) is 19.2. The monoisotopic (exact) mass is 424 g/mol. The van der Waals surface area contributed by atoms with Crippen LogP contribution in [0.25, 0.3) is 17.1 Å². The molecule has 10 heteroatoms. The molecule has 0 saturated heterocycles. The van der Waals surface area contributed by atoms with E-state index in [1.165, 1.54) is 18.2 Å². The second-order valence-electron chi connectivity index (χ2n) is 6.20. The highest BCUT2D eigenvalue weighted by Gasteiger charge is 2.28. The largest absolute Gasteiger partial charge is 0.348 e. The molecular weight excluding hydrogens is 411 g/mol. The van der Waals surface area contributed by atoms with Crippen LogP contribution in [0.5, 0.6) is 0 Å². The van der Waals surface area contributed by atoms with Gasteiger partial charge in [-0.25, -0.2) is 17.9 Å². The number of hydrogen-bond donors (Lipinski definition) is 2. The average Bonchev–Trinajstić information content (AvgIpc) is 3.34. The molecule has 0 atom stereocenters. The Labute approximate surface area is 165 Å². The summed E-state index contributed by atoms with van der Waals surface area (Å²) in [6, 6.07) is 10.9. The lowest BCUT2D eigenvalue weighted by Gasteiger charge is -2.08. The lowest BCUT2D eigenvalue weighted by atomic mass is 10.2. The number of benzene rings is 2. The van der Waals surface area contributed by atoms with Crippen molar-refractivity contribution < 1.29 is 8.42 Å². The quantitative estimate of drug-likeness (QED) is 0.657. The predicted octanol–water partition coefficient (Wildman–Crippen LogP) is 2.98. The Morgan fingerprint density at radius 2 is 1.81 bits per heavy atom. The van der Waals surface area contributed by atoms with Gasteiger partial charge in [-0.3, -0.25) is 4.98 Å². The van der Waals surface area contributed by atoms with Gasteiger partial charge in [-0.15, -0.1) is 5.10 Å². The maximum absolute atomic E-state index is 12.4. The van der Waals surface area contributed by atoms with Crippen molar-refractivity contribution in [3.8, 4) is 17.1 Å². The van der Waals surface area contributed by atoms with Crippen LogP contribution in [0.3, 0.4) is 0 Å². The molecule has 2 aromatic carbocycles. The van der Waals surface area contributed by atoms with E-state index in [2.05, 4.69) is 14.8 Å². The molecule has 1 aliphatic rings. The molecule has 0 bridgehead atoms. The standard InChI is InChI=1S/C17H14Cl2N4O3S/c18-10-1-5-12(6-2-10)23-17(24)20-16(21-23)14-9-13(7-8-15(14)19)27(25,26)22-11-3-4-11/h1-2,5-9,11,22H,3-4H2,(H,20,21,24). The van der Waals surface area contributed by atoms with E-state index in [0.717, 1.165) is 17.5 Å². The second-order valence-corrected chi connectivity index (χ2v) is 8.76. The molecule has 0 aliphatic heterocycles. The fourth-order valence-corrected chi connectivity index (χ4v) is 4.21. The molecule has 3 aromatic rings. The van der Waals surface area contributed by atoms with Crippen LogP contribution in [0.4, 0.5) is 0 Å². The highest BCUT2D eigenvalue weighted by molar-refractivity contribution is 7.89. The highest BCUT2D eigenvalue weighted by Crippen LogP contribution is 2.29. The number of sulfonamides is 1. The van der Waals surface area contributed by atoms with Crippen molar-refractivity contribution in [1.82, 2.24) is 19.5 Å².